The molecule has 3 atom stereocenters. The zero-order valence-electron chi connectivity index (χ0n) is 13.6. The summed E-state index contributed by atoms with van der Waals surface area (Å²) in [7, 11) is 0. The first-order chi connectivity index (χ1) is 11.7. The second-order valence-corrected chi connectivity index (χ2v) is 6.39. The van der Waals surface area contributed by atoms with Crippen molar-refractivity contribution in [3.8, 4) is 5.75 Å². The lowest BCUT2D eigenvalue weighted by Gasteiger charge is -2.14. The Morgan fingerprint density at radius 2 is 1.88 bits per heavy atom. The Morgan fingerprint density at radius 1 is 1.12 bits per heavy atom. The van der Waals surface area contributed by atoms with Gasteiger partial charge in [-0.15, -0.1) is 12.4 Å². The van der Waals surface area contributed by atoms with Crippen LogP contribution in [0.1, 0.15) is 23.6 Å². The van der Waals surface area contributed by atoms with E-state index in [-0.39, 0.29) is 42.8 Å². The van der Waals surface area contributed by atoms with Crippen molar-refractivity contribution in [2.24, 2.45) is 5.92 Å². The molecular formula is C19H20ClFN2O2. The third kappa shape index (κ3) is 3.62. The molecule has 0 bridgehead atoms. The molecule has 2 saturated heterocycles. The van der Waals surface area contributed by atoms with Crippen molar-refractivity contribution in [3.05, 3.63) is 65.5 Å². The largest absolute Gasteiger partial charge is 0.489 e. The molecule has 3 unspecified atom stereocenters. The smallest absolute Gasteiger partial charge is 0.237 e. The normalized spacial score (nSPS) is 24.4. The second-order valence-electron chi connectivity index (χ2n) is 6.39. The van der Waals surface area contributed by atoms with Crippen molar-refractivity contribution >= 4 is 18.3 Å². The highest BCUT2D eigenvalue weighted by molar-refractivity contribution is 5.85. The fraction of sp³-hybridized carbons (Fsp3) is 0.316. The van der Waals surface area contributed by atoms with E-state index >= 15 is 0 Å². The summed E-state index contributed by atoms with van der Waals surface area (Å²) in [4.78, 5) is 11.7. The molecule has 1 amide bonds. The zero-order valence-corrected chi connectivity index (χ0v) is 14.4. The summed E-state index contributed by atoms with van der Waals surface area (Å²) in [6.45, 7) is 0.967. The maximum atomic E-state index is 13.6. The molecule has 6 heteroatoms. The number of carbonyl (C=O) groups excluding carboxylic acids is 1. The quantitative estimate of drug-likeness (QED) is 0.879. The van der Waals surface area contributed by atoms with E-state index in [0.29, 0.717) is 17.2 Å². The summed E-state index contributed by atoms with van der Waals surface area (Å²) in [6.07, 6.45) is 0.957. The van der Waals surface area contributed by atoms with Gasteiger partial charge in [-0.05, 0) is 30.2 Å². The third-order valence-corrected chi connectivity index (χ3v) is 4.85. The lowest BCUT2D eigenvalue weighted by atomic mass is 9.98. The molecule has 25 heavy (non-hydrogen) atoms. The molecule has 0 saturated carbocycles. The SMILES string of the molecule is Cl.O=C1NCC2CC(c3ccc(OCc4ccccc4F)cc3)NC12. The van der Waals surface area contributed by atoms with E-state index in [0.717, 1.165) is 18.5 Å². The van der Waals surface area contributed by atoms with Gasteiger partial charge in [0.2, 0.25) is 5.91 Å². The molecule has 2 heterocycles. The van der Waals surface area contributed by atoms with Gasteiger partial charge in [0.1, 0.15) is 18.2 Å². The highest BCUT2D eigenvalue weighted by Crippen LogP contribution is 2.34. The van der Waals surface area contributed by atoms with E-state index in [2.05, 4.69) is 10.6 Å². The van der Waals surface area contributed by atoms with Crippen LogP contribution in [0, 0.1) is 11.7 Å². The van der Waals surface area contributed by atoms with Crippen LogP contribution in [0.3, 0.4) is 0 Å². The molecule has 2 N–H and O–H groups in total. The number of nitrogens with one attached hydrogen (secondary N) is 2. The van der Waals surface area contributed by atoms with Crippen molar-refractivity contribution in [1.29, 1.82) is 0 Å². The molecule has 2 aliphatic heterocycles. The minimum absolute atomic E-state index is 0. The average Bonchev–Trinajstić information content (AvgIpc) is 3.17. The predicted octanol–water partition coefficient (Wildman–Crippen LogP) is 2.98. The lowest BCUT2D eigenvalue weighted by Crippen LogP contribution is -2.35. The number of benzene rings is 2. The summed E-state index contributed by atoms with van der Waals surface area (Å²) in [5.74, 6) is 0.929. The molecule has 4 rings (SSSR count). The zero-order chi connectivity index (χ0) is 16.5. The Morgan fingerprint density at radius 3 is 2.60 bits per heavy atom. The van der Waals surface area contributed by atoms with Crippen LogP contribution >= 0.6 is 12.4 Å². The molecule has 2 aromatic carbocycles. The van der Waals surface area contributed by atoms with E-state index < -0.39 is 0 Å². The Balaban J connectivity index is 0.00000182. The molecule has 0 spiro atoms. The highest BCUT2D eigenvalue weighted by Gasteiger charge is 2.42. The Labute approximate surface area is 152 Å². The maximum absolute atomic E-state index is 13.6. The van der Waals surface area contributed by atoms with Gasteiger partial charge in [-0.2, -0.15) is 0 Å². The van der Waals surface area contributed by atoms with Crippen molar-refractivity contribution in [2.75, 3.05) is 6.54 Å². The molecule has 0 aliphatic carbocycles. The molecule has 2 aromatic rings. The van der Waals surface area contributed by atoms with Gasteiger partial charge in [-0.25, -0.2) is 4.39 Å². The number of hydrogen-bond donors (Lipinski definition) is 2. The van der Waals surface area contributed by atoms with E-state index in [4.69, 9.17) is 4.74 Å². The van der Waals surface area contributed by atoms with Crippen molar-refractivity contribution in [1.82, 2.24) is 10.6 Å². The third-order valence-electron chi connectivity index (χ3n) is 4.85. The predicted molar refractivity (Wildman–Crippen MR) is 95.2 cm³/mol. The van der Waals surface area contributed by atoms with Crippen LogP contribution in [-0.4, -0.2) is 18.5 Å². The van der Waals surface area contributed by atoms with Gasteiger partial charge in [-0.1, -0.05) is 30.3 Å². The van der Waals surface area contributed by atoms with Crippen LogP contribution < -0.4 is 15.4 Å². The van der Waals surface area contributed by atoms with E-state index in [9.17, 15) is 9.18 Å². The minimum atomic E-state index is -0.255. The fourth-order valence-corrected chi connectivity index (χ4v) is 3.50. The number of fused-ring (bicyclic) bond motifs is 1. The van der Waals surface area contributed by atoms with Gasteiger partial charge in [0.15, 0.2) is 0 Å². The summed E-state index contributed by atoms with van der Waals surface area (Å²) >= 11 is 0. The van der Waals surface area contributed by atoms with E-state index in [1.54, 1.807) is 18.2 Å². The molecule has 132 valence electrons. The lowest BCUT2D eigenvalue weighted by molar-refractivity contribution is -0.120. The summed E-state index contributed by atoms with van der Waals surface area (Å²) < 4.78 is 19.2. The van der Waals surface area contributed by atoms with Gasteiger partial charge < -0.3 is 10.1 Å². The first kappa shape index (κ1) is 17.7. The first-order valence-electron chi connectivity index (χ1n) is 8.20. The molecule has 0 aromatic heterocycles. The van der Waals surface area contributed by atoms with Gasteiger partial charge >= 0.3 is 0 Å². The fourth-order valence-electron chi connectivity index (χ4n) is 3.50. The van der Waals surface area contributed by atoms with Crippen LogP contribution in [0.5, 0.6) is 5.75 Å². The van der Waals surface area contributed by atoms with Crippen LogP contribution in [0.4, 0.5) is 4.39 Å². The number of halogens is 2. The number of amides is 1. The minimum Gasteiger partial charge on any atom is -0.489 e. The Hall–Kier alpha value is -2.11. The van der Waals surface area contributed by atoms with E-state index in [1.165, 1.54) is 6.07 Å². The number of carbonyl (C=O) groups is 1. The molecular weight excluding hydrogens is 343 g/mol. The van der Waals surface area contributed by atoms with Crippen LogP contribution in [0.2, 0.25) is 0 Å². The highest BCUT2D eigenvalue weighted by atomic mass is 35.5. The van der Waals surface area contributed by atoms with Crippen LogP contribution in [-0.2, 0) is 11.4 Å². The summed E-state index contributed by atoms with van der Waals surface area (Å²) in [6, 6.07) is 14.6. The molecule has 2 aliphatic rings. The van der Waals surface area contributed by atoms with Crippen LogP contribution in [0.25, 0.3) is 0 Å². The number of rotatable bonds is 4. The summed E-state index contributed by atoms with van der Waals surface area (Å²) in [5, 5.41) is 6.29. The molecule has 4 nitrogen and oxygen atoms in total. The van der Waals surface area contributed by atoms with Crippen molar-refractivity contribution < 1.29 is 13.9 Å². The first-order valence-corrected chi connectivity index (χ1v) is 8.20. The van der Waals surface area contributed by atoms with E-state index in [1.807, 2.05) is 24.3 Å². The monoisotopic (exact) mass is 362 g/mol. The van der Waals surface area contributed by atoms with Gasteiger partial charge in [-0.3, -0.25) is 10.1 Å². The summed E-state index contributed by atoms with van der Waals surface area (Å²) in [5.41, 5.74) is 1.69. The van der Waals surface area contributed by atoms with Gasteiger partial charge in [0.25, 0.3) is 0 Å². The topological polar surface area (TPSA) is 50.4 Å². The standard InChI is InChI=1S/C19H19FN2O2.ClH/c20-16-4-2-1-3-13(16)11-24-15-7-5-12(6-8-15)17-9-14-10-21-19(23)18(14)22-17;/h1-8,14,17-18,22H,9-11H2,(H,21,23);1H. The number of ether oxygens (including phenoxy) is 1. The Kier molecular flexibility index (Phi) is 5.25. The molecule has 2 fully saturated rings. The Bertz CT molecular complexity index is 753. The van der Waals surface area contributed by atoms with Gasteiger partial charge in [0.05, 0.1) is 6.04 Å². The number of hydrogen-bond acceptors (Lipinski definition) is 3. The van der Waals surface area contributed by atoms with Crippen molar-refractivity contribution in [3.63, 3.8) is 0 Å². The van der Waals surface area contributed by atoms with Gasteiger partial charge in [0, 0.05) is 24.1 Å². The average molecular weight is 363 g/mol. The van der Waals surface area contributed by atoms with Crippen LogP contribution in [0.15, 0.2) is 48.5 Å². The second kappa shape index (κ2) is 7.42. The maximum Gasteiger partial charge on any atom is 0.237 e. The van der Waals surface area contributed by atoms with Crippen molar-refractivity contribution in [2.45, 2.75) is 25.1 Å². The molecule has 0 radical (unpaired) electrons.